The normalized spacial score (nSPS) is 9.07. The minimum atomic E-state index is -0.0439. The average Bonchev–Trinajstić information content (AvgIpc) is 2.25. The second kappa shape index (κ2) is 5.02. The maximum absolute atomic E-state index is 11.4. The summed E-state index contributed by atoms with van der Waals surface area (Å²) in [6, 6.07) is 7.36. The molecule has 0 saturated heterocycles. The number of terminal acetylenes is 1. The van der Waals surface area contributed by atoms with Gasteiger partial charge in [0.15, 0.2) is 0 Å². The first-order chi connectivity index (χ1) is 7.20. The molecule has 1 aromatic carbocycles. The second-order valence-corrected chi connectivity index (χ2v) is 3.08. The number of anilines is 1. The lowest BCUT2D eigenvalue weighted by molar-refractivity contribution is -0.116. The molecule has 0 spiro atoms. The Balaban J connectivity index is 3.16. The van der Waals surface area contributed by atoms with Crippen LogP contribution in [0.4, 0.5) is 5.69 Å². The highest BCUT2D eigenvalue weighted by Gasteiger charge is 2.11. The van der Waals surface area contributed by atoms with E-state index in [0.29, 0.717) is 6.54 Å². The van der Waals surface area contributed by atoms with E-state index in [4.69, 9.17) is 6.42 Å². The quantitative estimate of drug-likeness (QED) is 0.540. The molecule has 1 aromatic rings. The Morgan fingerprint density at radius 2 is 2.27 bits per heavy atom. The Kier molecular flexibility index (Phi) is 3.70. The van der Waals surface area contributed by atoms with Crippen LogP contribution in [0, 0.1) is 12.3 Å². The van der Waals surface area contributed by atoms with Crippen molar-refractivity contribution < 1.29 is 4.79 Å². The Hall–Kier alpha value is -2.01. The standard InChI is InChI=1S/C13H13NO/c1-4-10-14(11(3)15)13-9-7-6-8-12(13)5-2/h2,4,6-9H,1,10H2,3H3. The molecule has 76 valence electrons. The van der Waals surface area contributed by atoms with Gasteiger partial charge < -0.3 is 4.90 Å². The molecule has 0 aliphatic carbocycles. The van der Waals surface area contributed by atoms with Crippen LogP contribution in [-0.2, 0) is 4.79 Å². The van der Waals surface area contributed by atoms with Crippen molar-refractivity contribution >= 4 is 11.6 Å². The molecule has 0 N–H and O–H groups in total. The van der Waals surface area contributed by atoms with Crippen LogP contribution in [-0.4, -0.2) is 12.5 Å². The van der Waals surface area contributed by atoms with Crippen molar-refractivity contribution in [3.63, 3.8) is 0 Å². The van der Waals surface area contributed by atoms with E-state index in [9.17, 15) is 4.79 Å². The lowest BCUT2D eigenvalue weighted by Gasteiger charge is -2.20. The topological polar surface area (TPSA) is 20.3 Å². The zero-order valence-electron chi connectivity index (χ0n) is 8.73. The van der Waals surface area contributed by atoms with Crippen LogP contribution in [0.5, 0.6) is 0 Å². The summed E-state index contributed by atoms with van der Waals surface area (Å²) in [6.45, 7) is 5.60. The van der Waals surface area contributed by atoms with Gasteiger partial charge in [0.05, 0.1) is 5.69 Å². The third-order valence-electron chi connectivity index (χ3n) is 2.04. The van der Waals surface area contributed by atoms with E-state index < -0.39 is 0 Å². The van der Waals surface area contributed by atoms with Crippen LogP contribution in [0.25, 0.3) is 0 Å². The van der Waals surface area contributed by atoms with Crippen molar-refractivity contribution in [3.05, 3.63) is 42.5 Å². The highest BCUT2D eigenvalue weighted by atomic mass is 16.2. The van der Waals surface area contributed by atoms with Crippen molar-refractivity contribution in [3.8, 4) is 12.3 Å². The average molecular weight is 199 g/mol. The predicted octanol–water partition coefficient (Wildman–Crippen LogP) is 2.21. The van der Waals surface area contributed by atoms with Crippen molar-refractivity contribution in [2.24, 2.45) is 0 Å². The molecule has 0 heterocycles. The van der Waals surface area contributed by atoms with E-state index in [1.54, 1.807) is 11.0 Å². The minimum Gasteiger partial charge on any atom is -0.308 e. The molecule has 0 aliphatic rings. The molecule has 0 unspecified atom stereocenters. The monoisotopic (exact) mass is 199 g/mol. The Labute approximate surface area is 90.2 Å². The molecule has 1 amide bonds. The summed E-state index contributed by atoms with van der Waals surface area (Å²) in [6.07, 6.45) is 7.05. The molecular formula is C13H13NO. The molecular weight excluding hydrogens is 186 g/mol. The number of carbonyl (C=O) groups excluding carboxylic acids is 1. The minimum absolute atomic E-state index is 0.0439. The van der Waals surface area contributed by atoms with E-state index in [-0.39, 0.29) is 5.91 Å². The molecule has 0 aliphatic heterocycles. The van der Waals surface area contributed by atoms with Gasteiger partial charge in [0.2, 0.25) is 5.91 Å². The number of para-hydroxylation sites is 1. The lowest BCUT2D eigenvalue weighted by Crippen LogP contribution is -2.29. The molecule has 0 fully saturated rings. The number of carbonyl (C=O) groups is 1. The van der Waals surface area contributed by atoms with E-state index >= 15 is 0 Å². The van der Waals surface area contributed by atoms with E-state index in [1.165, 1.54) is 6.92 Å². The molecule has 0 atom stereocenters. The Morgan fingerprint density at radius 3 is 2.80 bits per heavy atom. The van der Waals surface area contributed by atoms with Crippen molar-refractivity contribution in [2.45, 2.75) is 6.92 Å². The van der Waals surface area contributed by atoms with Gasteiger partial charge in [-0.15, -0.1) is 13.0 Å². The van der Waals surface area contributed by atoms with Crippen LogP contribution in [0.1, 0.15) is 12.5 Å². The zero-order valence-corrected chi connectivity index (χ0v) is 8.73. The van der Waals surface area contributed by atoms with Crippen LogP contribution in [0.15, 0.2) is 36.9 Å². The van der Waals surface area contributed by atoms with E-state index in [2.05, 4.69) is 12.5 Å². The van der Waals surface area contributed by atoms with Gasteiger partial charge in [0.25, 0.3) is 0 Å². The van der Waals surface area contributed by atoms with Crippen LogP contribution in [0.3, 0.4) is 0 Å². The number of benzene rings is 1. The number of amides is 1. The third kappa shape index (κ3) is 2.47. The Bertz CT molecular complexity index is 415. The summed E-state index contributed by atoms with van der Waals surface area (Å²) in [5, 5.41) is 0. The smallest absolute Gasteiger partial charge is 0.224 e. The number of hydrogen-bond donors (Lipinski definition) is 0. The number of rotatable bonds is 3. The van der Waals surface area contributed by atoms with Gasteiger partial charge in [0.1, 0.15) is 0 Å². The predicted molar refractivity (Wildman–Crippen MR) is 62.6 cm³/mol. The Morgan fingerprint density at radius 1 is 1.60 bits per heavy atom. The summed E-state index contributed by atoms with van der Waals surface area (Å²) in [7, 11) is 0. The maximum Gasteiger partial charge on any atom is 0.224 e. The van der Waals surface area contributed by atoms with Gasteiger partial charge >= 0.3 is 0 Å². The van der Waals surface area contributed by atoms with Crippen LogP contribution in [0.2, 0.25) is 0 Å². The van der Waals surface area contributed by atoms with Gasteiger partial charge in [0, 0.05) is 19.0 Å². The van der Waals surface area contributed by atoms with Gasteiger partial charge in [-0.2, -0.15) is 0 Å². The summed E-state index contributed by atoms with van der Waals surface area (Å²) in [4.78, 5) is 13.0. The molecule has 1 rings (SSSR count). The fourth-order valence-electron chi connectivity index (χ4n) is 1.36. The summed E-state index contributed by atoms with van der Waals surface area (Å²) >= 11 is 0. The summed E-state index contributed by atoms with van der Waals surface area (Å²) in [5.41, 5.74) is 1.47. The van der Waals surface area contributed by atoms with Gasteiger partial charge in [-0.1, -0.05) is 24.1 Å². The molecule has 2 heteroatoms. The first-order valence-corrected chi connectivity index (χ1v) is 4.65. The number of hydrogen-bond acceptors (Lipinski definition) is 1. The highest BCUT2D eigenvalue weighted by Crippen LogP contribution is 2.19. The second-order valence-electron chi connectivity index (χ2n) is 3.08. The molecule has 0 saturated carbocycles. The van der Waals surface area contributed by atoms with E-state index in [0.717, 1.165) is 11.3 Å². The SMILES string of the molecule is C#Cc1ccccc1N(CC=C)C(C)=O. The lowest BCUT2D eigenvalue weighted by atomic mass is 10.1. The zero-order chi connectivity index (χ0) is 11.3. The first-order valence-electron chi connectivity index (χ1n) is 4.65. The summed E-state index contributed by atoms with van der Waals surface area (Å²) in [5.74, 6) is 2.52. The van der Waals surface area contributed by atoms with Crippen molar-refractivity contribution in [1.82, 2.24) is 0 Å². The molecule has 0 aromatic heterocycles. The molecule has 2 nitrogen and oxygen atoms in total. The van der Waals surface area contributed by atoms with E-state index in [1.807, 2.05) is 24.3 Å². The molecule has 15 heavy (non-hydrogen) atoms. The van der Waals surface area contributed by atoms with Crippen molar-refractivity contribution in [1.29, 1.82) is 0 Å². The largest absolute Gasteiger partial charge is 0.308 e. The maximum atomic E-state index is 11.4. The number of nitrogens with zero attached hydrogens (tertiary/aromatic N) is 1. The van der Waals surface area contributed by atoms with Gasteiger partial charge in [-0.05, 0) is 12.1 Å². The first kappa shape index (κ1) is 11.1. The fourth-order valence-corrected chi connectivity index (χ4v) is 1.36. The van der Waals surface area contributed by atoms with Crippen LogP contribution >= 0.6 is 0 Å². The molecule has 0 bridgehead atoms. The summed E-state index contributed by atoms with van der Waals surface area (Å²) < 4.78 is 0. The highest BCUT2D eigenvalue weighted by molar-refractivity contribution is 5.93. The van der Waals surface area contributed by atoms with Crippen molar-refractivity contribution in [2.75, 3.05) is 11.4 Å². The fraction of sp³-hybridized carbons (Fsp3) is 0.154. The van der Waals surface area contributed by atoms with Gasteiger partial charge in [-0.3, -0.25) is 4.79 Å². The van der Waals surface area contributed by atoms with Crippen LogP contribution < -0.4 is 4.90 Å². The third-order valence-corrected chi connectivity index (χ3v) is 2.04. The molecule has 0 radical (unpaired) electrons. The van der Waals surface area contributed by atoms with Gasteiger partial charge in [-0.25, -0.2) is 0 Å².